The van der Waals surface area contributed by atoms with Crippen molar-refractivity contribution in [1.82, 2.24) is 16.2 Å². The number of ether oxygens (including phenoxy) is 2. The first-order valence-electron chi connectivity index (χ1n) is 9.50. The smallest absolute Gasteiger partial charge is 0.306 e. The van der Waals surface area contributed by atoms with Crippen molar-refractivity contribution in [3.63, 3.8) is 0 Å². The molecule has 8 nitrogen and oxygen atoms in total. The number of hydrogen-bond acceptors (Lipinski definition) is 6. The molecule has 0 spiro atoms. The van der Waals surface area contributed by atoms with Crippen LogP contribution in [0.4, 0.5) is 0 Å². The second-order valence-electron chi connectivity index (χ2n) is 6.76. The monoisotopic (exact) mass is 423 g/mol. The van der Waals surface area contributed by atoms with E-state index in [0.717, 1.165) is 17.5 Å². The van der Waals surface area contributed by atoms with E-state index in [4.69, 9.17) is 21.7 Å². The summed E-state index contributed by atoms with van der Waals surface area (Å²) in [4.78, 5) is 35.1. The highest BCUT2D eigenvalue weighted by atomic mass is 32.1. The van der Waals surface area contributed by atoms with Gasteiger partial charge in [-0.25, -0.2) is 0 Å². The maximum absolute atomic E-state index is 12.0. The lowest BCUT2D eigenvalue weighted by atomic mass is 10.0. The average molecular weight is 424 g/mol. The van der Waals surface area contributed by atoms with Crippen LogP contribution >= 0.6 is 12.2 Å². The Morgan fingerprint density at radius 3 is 2.48 bits per heavy atom. The van der Waals surface area contributed by atoms with E-state index in [1.165, 1.54) is 0 Å². The van der Waals surface area contributed by atoms with E-state index in [-0.39, 0.29) is 30.5 Å². The predicted octanol–water partition coefficient (Wildman–Crippen LogP) is 2.25. The molecule has 2 amide bonds. The SMILES string of the molecule is CCCOC(=O)CCC(=O)NC(=S)NNC(=O)COc1cc(C)ccc1C(C)C. The summed E-state index contributed by atoms with van der Waals surface area (Å²) in [5.41, 5.74) is 6.82. The Balaban J connectivity index is 2.34. The Morgan fingerprint density at radius 1 is 1.10 bits per heavy atom. The fourth-order valence-corrected chi connectivity index (χ4v) is 2.44. The summed E-state index contributed by atoms with van der Waals surface area (Å²) < 4.78 is 10.5. The number of nitrogens with one attached hydrogen (secondary N) is 3. The summed E-state index contributed by atoms with van der Waals surface area (Å²) >= 11 is 4.93. The van der Waals surface area contributed by atoms with E-state index in [2.05, 4.69) is 16.2 Å². The lowest BCUT2D eigenvalue weighted by Gasteiger charge is -2.15. The van der Waals surface area contributed by atoms with Gasteiger partial charge in [0.1, 0.15) is 5.75 Å². The van der Waals surface area contributed by atoms with Crippen molar-refractivity contribution < 1.29 is 23.9 Å². The number of hydrazine groups is 1. The number of carbonyl (C=O) groups excluding carboxylic acids is 3. The van der Waals surface area contributed by atoms with Crippen molar-refractivity contribution in [2.45, 2.75) is 52.9 Å². The van der Waals surface area contributed by atoms with Crippen LogP contribution in [0.3, 0.4) is 0 Å². The summed E-state index contributed by atoms with van der Waals surface area (Å²) in [5, 5.41) is 2.29. The lowest BCUT2D eigenvalue weighted by molar-refractivity contribution is -0.144. The van der Waals surface area contributed by atoms with Crippen molar-refractivity contribution in [3.8, 4) is 5.75 Å². The van der Waals surface area contributed by atoms with Crippen LogP contribution in [-0.2, 0) is 19.1 Å². The van der Waals surface area contributed by atoms with Gasteiger partial charge in [-0.1, -0.05) is 32.9 Å². The minimum Gasteiger partial charge on any atom is -0.483 e. The number of rotatable bonds is 9. The number of amides is 2. The molecular formula is C20H29N3O5S. The molecule has 1 rings (SSSR count). The summed E-state index contributed by atoms with van der Waals surface area (Å²) in [5.74, 6) is -0.443. The van der Waals surface area contributed by atoms with Gasteiger partial charge in [0.2, 0.25) is 5.91 Å². The summed E-state index contributed by atoms with van der Waals surface area (Å²) in [6, 6.07) is 5.86. The Kier molecular flexibility index (Phi) is 10.7. The van der Waals surface area contributed by atoms with Crippen LogP contribution in [0.25, 0.3) is 0 Å². The Labute approximate surface area is 176 Å². The second kappa shape index (κ2) is 12.7. The number of carbonyl (C=O) groups is 3. The van der Waals surface area contributed by atoms with Crippen LogP contribution in [0.5, 0.6) is 5.75 Å². The molecule has 1 aromatic rings. The van der Waals surface area contributed by atoms with E-state index >= 15 is 0 Å². The van der Waals surface area contributed by atoms with E-state index < -0.39 is 17.8 Å². The van der Waals surface area contributed by atoms with Crippen molar-refractivity contribution >= 4 is 35.1 Å². The quantitative estimate of drug-likeness (QED) is 0.318. The maximum Gasteiger partial charge on any atom is 0.306 e. The zero-order valence-electron chi connectivity index (χ0n) is 17.3. The third-order valence-corrected chi connectivity index (χ3v) is 3.95. The molecule has 0 bridgehead atoms. The molecule has 160 valence electrons. The van der Waals surface area contributed by atoms with Gasteiger partial charge in [0, 0.05) is 6.42 Å². The van der Waals surface area contributed by atoms with Gasteiger partial charge in [-0.15, -0.1) is 0 Å². The molecule has 3 N–H and O–H groups in total. The third kappa shape index (κ3) is 9.89. The molecule has 0 saturated carbocycles. The van der Waals surface area contributed by atoms with Crippen LogP contribution in [0.2, 0.25) is 0 Å². The first-order chi connectivity index (χ1) is 13.7. The molecular weight excluding hydrogens is 394 g/mol. The molecule has 0 radical (unpaired) electrons. The summed E-state index contributed by atoms with van der Waals surface area (Å²) in [6.45, 7) is 8.04. The Hall–Kier alpha value is -2.68. The normalized spacial score (nSPS) is 10.2. The minimum absolute atomic E-state index is 0.0384. The van der Waals surface area contributed by atoms with Crippen molar-refractivity contribution in [3.05, 3.63) is 29.3 Å². The molecule has 9 heteroatoms. The largest absolute Gasteiger partial charge is 0.483 e. The number of benzene rings is 1. The third-order valence-electron chi connectivity index (χ3n) is 3.74. The minimum atomic E-state index is -0.457. The van der Waals surface area contributed by atoms with Crippen molar-refractivity contribution in [1.29, 1.82) is 0 Å². The van der Waals surface area contributed by atoms with Gasteiger partial charge in [0.05, 0.1) is 13.0 Å². The number of hydrogen-bond donors (Lipinski definition) is 3. The van der Waals surface area contributed by atoms with Crippen LogP contribution in [0, 0.1) is 6.92 Å². The molecule has 0 unspecified atom stereocenters. The van der Waals surface area contributed by atoms with E-state index in [0.29, 0.717) is 12.4 Å². The van der Waals surface area contributed by atoms with Crippen LogP contribution in [0.1, 0.15) is 57.1 Å². The van der Waals surface area contributed by atoms with Crippen molar-refractivity contribution in [2.24, 2.45) is 0 Å². The number of esters is 1. The van der Waals surface area contributed by atoms with Crippen LogP contribution in [-0.4, -0.2) is 36.1 Å². The molecule has 0 aromatic heterocycles. The summed E-state index contributed by atoms with van der Waals surface area (Å²) in [7, 11) is 0. The van der Waals surface area contributed by atoms with Gasteiger partial charge in [-0.2, -0.15) is 0 Å². The second-order valence-corrected chi connectivity index (χ2v) is 7.16. The van der Waals surface area contributed by atoms with Gasteiger partial charge in [0.25, 0.3) is 5.91 Å². The Morgan fingerprint density at radius 2 is 1.83 bits per heavy atom. The topological polar surface area (TPSA) is 106 Å². The Bertz CT molecular complexity index is 737. The van der Waals surface area contributed by atoms with Crippen LogP contribution < -0.4 is 20.9 Å². The molecule has 0 aliphatic carbocycles. The van der Waals surface area contributed by atoms with Gasteiger partial charge >= 0.3 is 5.97 Å². The highest BCUT2D eigenvalue weighted by Crippen LogP contribution is 2.27. The zero-order valence-corrected chi connectivity index (χ0v) is 18.1. The molecule has 0 aliphatic heterocycles. The fourth-order valence-electron chi connectivity index (χ4n) is 2.27. The van der Waals surface area contributed by atoms with Gasteiger partial charge < -0.3 is 14.8 Å². The summed E-state index contributed by atoms with van der Waals surface area (Å²) in [6.07, 6.45) is 0.619. The molecule has 29 heavy (non-hydrogen) atoms. The highest BCUT2D eigenvalue weighted by Gasteiger charge is 2.12. The van der Waals surface area contributed by atoms with Gasteiger partial charge in [-0.05, 0) is 48.7 Å². The fraction of sp³-hybridized carbons (Fsp3) is 0.500. The molecule has 0 atom stereocenters. The predicted molar refractivity (Wildman–Crippen MR) is 113 cm³/mol. The van der Waals surface area contributed by atoms with E-state index in [1.54, 1.807) is 0 Å². The molecule has 1 aromatic carbocycles. The molecule has 0 heterocycles. The first kappa shape index (κ1) is 24.4. The van der Waals surface area contributed by atoms with Crippen LogP contribution in [0.15, 0.2) is 18.2 Å². The van der Waals surface area contributed by atoms with E-state index in [9.17, 15) is 14.4 Å². The molecule has 0 aliphatic rings. The van der Waals surface area contributed by atoms with Gasteiger partial charge in [-0.3, -0.25) is 25.2 Å². The average Bonchev–Trinajstić information content (AvgIpc) is 2.67. The standard InChI is InChI=1S/C20H29N3O5S/c1-5-10-27-19(26)9-8-17(24)21-20(29)23-22-18(25)12-28-16-11-14(4)6-7-15(16)13(2)3/h6-7,11,13H,5,8-10,12H2,1-4H3,(H,22,25)(H2,21,23,24,29). The number of thiocarbonyl (C=S) groups is 1. The van der Waals surface area contributed by atoms with Crippen molar-refractivity contribution in [2.75, 3.05) is 13.2 Å². The molecule has 0 fully saturated rings. The maximum atomic E-state index is 12.0. The highest BCUT2D eigenvalue weighted by molar-refractivity contribution is 7.80. The number of aryl methyl sites for hydroxylation is 1. The van der Waals surface area contributed by atoms with Gasteiger partial charge in [0.15, 0.2) is 11.7 Å². The zero-order chi connectivity index (χ0) is 21.8. The molecule has 0 saturated heterocycles. The van der Waals surface area contributed by atoms with E-state index in [1.807, 2.05) is 45.9 Å². The first-order valence-corrected chi connectivity index (χ1v) is 9.91. The lowest BCUT2D eigenvalue weighted by Crippen LogP contribution is -2.49.